The first kappa shape index (κ1) is 15.2. The van der Waals surface area contributed by atoms with Crippen molar-refractivity contribution in [3.8, 4) is 11.9 Å². The third-order valence-corrected chi connectivity index (χ3v) is 4.14. The molecule has 23 heavy (non-hydrogen) atoms. The van der Waals surface area contributed by atoms with E-state index in [1.54, 1.807) is 18.6 Å². The van der Waals surface area contributed by atoms with Crippen LogP contribution in [-0.2, 0) is 0 Å². The summed E-state index contributed by atoms with van der Waals surface area (Å²) in [4.78, 5) is 14.8. The first-order valence-corrected chi connectivity index (χ1v) is 7.78. The highest BCUT2D eigenvalue weighted by atomic mass is 16.5. The van der Waals surface area contributed by atoms with Crippen molar-refractivity contribution >= 4 is 5.69 Å². The van der Waals surface area contributed by atoms with Gasteiger partial charge in [0.05, 0.1) is 18.0 Å². The largest absolute Gasteiger partial charge is 0.476 e. The number of anilines is 1. The quantitative estimate of drug-likeness (QED) is 0.863. The minimum atomic E-state index is 0.495. The van der Waals surface area contributed by atoms with Crippen LogP contribution in [0.4, 0.5) is 5.69 Å². The molecule has 0 amide bonds. The second kappa shape index (κ2) is 7.05. The molecule has 0 spiro atoms. The molecule has 0 aromatic carbocycles. The Morgan fingerprint density at radius 3 is 2.74 bits per heavy atom. The van der Waals surface area contributed by atoms with Crippen LogP contribution in [0.1, 0.15) is 24.2 Å². The van der Waals surface area contributed by atoms with E-state index in [0.29, 0.717) is 24.1 Å². The average molecular weight is 309 g/mol. The molecular weight excluding hydrogens is 290 g/mol. The van der Waals surface area contributed by atoms with Crippen molar-refractivity contribution in [3.63, 3.8) is 0 Å². The normalized spacial score (nSPS) is 15.2. The van der Waals surface area contributed by atoms with Crippen LogP contribution in [0.25, 0.3) is 0 Å². The molecule has 1 aliphatic rings. The predicted molar refractivity (Wildman–Crippen MR) is 86.2 cm³/mol. The van der Waals surface area contributed by atoms with Gasteiger partial charge in [0.1, 0.15) is 6.07 Å². The number of hydrogen-bond donors (Lipinski definition) is 0. The lowest BCUT2D eigenvalue weighted by atomic mass is 9.97. The molecule has 3 heterocycles. The second-order valence-electron chi connectivity index (χ2n) is 5.67. The van der Waals surface area contributed by atoms with E-state index in [9.17, 15) is 0 Å². The summed E-state index contributed by atoms with van der Waals surface area (Å²) >= 11 is 0. The third kappa shape index (κ3) is 3.57. The van der Waals surface area contributed by atoms with Gasteiger partial charge in [-0.15, -0.1) is 0 Å². The van der Waals surface area contributed by atoms with Crippen LogP contribution in [0.5, 0.6) is 5.88 Å². The maximum atomic E-state index is 9.17. The van der Waals surface area contributed by atoms with E-state index in [2.05, 4.69) is 25.9 Å². The maximum absolute atomic E-state index is 9.17. The van der Waals surface area contributed by atoms with E-state index in [1.807, 2.05) is 19.1 Å². The number of nitriles is 1. The van der Waals surface area contributed by atoms with E-state index in [1.165, 1.54) is 0 Å². The lowest BCUT2D eigenvalue weighted by Gasteiger charge is -2.33. The Morgan fingerprint density at radius 2 is 2.00 bits per heavy atom. The molecule has 0 N–H and O–H groups in total. The van der Waals surface area contributed by atoms with Crippen molar-refractivity contribution in [2.24, 2.45) is 5.92 Å². The molecule has 6 heteroatoms. The molecule has 0 unspecified atom stereocenters. The van der Waals surface area contributed by atoms with Crippen LogP contribution in [0.3, 0.4) is 0 Å². The van der Waals surface area contributed by atoms with E-state index in [4.69, 9.17) is 10.00 Å². The zero-order valence-electron chi connectivity index (χ0n) is 13.1. The molecule has 0 radical (unpaired) electrons. The highest BCUT2D eigenvalue weighted by molar-refractivity contribution is 5.55. The number of hydrogen-bond acceptors (Lipinski definition) is 6. The molecule has 3 rings (SSSR count). The number of nitrogens with zero attached hydrogens (tertiary/aromatic N) is 5. The summed E-state index contributed by atoms with van der Waals surface area (Å²) in [5.74, 6) is 1.11. The number of aryl methyl sites for hydroxylation is 1. The molecule has 2 aromatic heterocycles. The van der Waals surface area contributed by atoms with Crippen molar-refractivity contribution in [3.05, 3.63) is 42.1 Å². The lowest BCUT2D eigenvalue weighted by Crippen LogP contribution is -2.36. The first-order valence-electron chi connectivity index (χ1n) is 7.78. The fourth-order valence-corrected chi connectivity index (χ4v) is 2.81. The monoisotopic (exact) mass is 309 g/mol. The Hall–Kier alpha value is -2.68. The smallest absolute Gasteiger partial charge is 0.235 e. The Morgan fingerprint density at radius 1 is 1.22 bits per heavy atom. The van der Waals surface area contributed by atoms with Gasteiger partial charge >= 0.3 is 0 Å². The fraction of sp³-hybridized carbons (Fsp3) is 0.412. The molecule has 1 fully saturated rings. The maximum Gasteiger partial charge on any atom is 0.235 e. The van der Waals surface area contributed by atoms with E-state index in [0.717, 1.165) is 37.3 Å². The van der Waals surface area contributed by atoms with E-state index >= 15 is 0 Å². The highest BCUT2D eigenvalue weighted by Crippen LogP contribution is 2.25. The van der Waals surface area contributed by atoms with Crippen molar-refractivity contribution in [2.45, 2.75) is 19.8 Å². The minimum absolute atomic E-state index is 0.495. The average Bonchev–Trinajstić information content (AvgIpc) is 2.61. The third-order valence-electron chi connectivity index (χ3n) is 4.14. The van der Waals surface area contributed by atoms with Crippen LogP contribution in [0, 0.1) is 24.2 Å². The van der Waals surface area contributed by atoms with Gasteiger partial charge in [0.2, 0.25) is 5.88 Å². The summed E-state index contributed by atoms with van der Waals surface area (Å²) in [6, 6.07) is 6.01. The van der Waals surface area contributed by atoms with Gasteiger partial charge in [-0.05, 0) is 37.8 Å². The Kier molecular flexibility index (Phi) is 4.67. The standard InChI is InChI=1S/C17H19N5O/c1-13-17(21-8-7-19-13)23-12-14-4-9-22(10-5-14)16-3-2-6-20-15(16)11-18/h2-3,6-8,14H,4-5,9-10,12H2,1H3. The first-order chi connectivity index (χ1) is 11.3. The molecule has 1 saturated heterocycles. The van der Waals surface area contributed by atoms with Crippen molar-refractivity contribution in [1.29, 1.82) is 5.26 Å². The summed E-state index contributed by atoms with van der Waals surface area (Å²) in [7, 11) is 0. The molecule has 2 aromatic rings. The van der Waals surface area contributed by atoms with Crippen LogP contribution in [-0.4, -0.2) is 34.6 Å². The predicted octanol–water partition coefficient (Wildman–Crippen LogP) is 2.35. The van der Waals surface area contributed by atoms with Gasteiger partial charge in [-0.3, -0.25) is 4.98 Å². The molecule has 6 nitrogen and oxygen atoms in total. The van der Waals surface area contributed by atoms with Crippen LogP contribution >= 0.6 is 0 Å². The fourth-order valence-electron chi connectivity index (χ4n) is 2.81. The zero-order chi connectivity index (χ0) is 16.1. The summed E-state index contributed by atoms with van der Waals surface area (Å²) in [5, 5.41) is 9.17. The number of pyridine rings is 1. The summed E-state index contributed by atoms with van der Waals surface area (Å²) < 4.78 is 5.81. The van der Waals surface area contributed by atoms with Crippen LogP contribution in [0.15, 0.2) is 30.7 Å². The number of piperidine rings is 1. The van der Waals surface area contributed by atoms with Gasteiger partial charge < -0.3 is 9.64 Å². The van der Waals surface area contributed by atoms with Gasteiger partial charge in [0.25, 0.3) is 0 Å². The Balaban J connectivity index is 1.55. The Labute approximate surface area is 135 Å². The van der Waals surface area contributed by atoms with Crippen LogP contribution < -0.4 is 9.64 Å². The van der Waals surface area contributed by atoms with E-state index in [-0.39, 0.29) is 0 Å². The van der Waals surface area contributed by atoms with Crippen molar-refractivity contribution < 1.29 is 4.74 Å². The van der Waals surface area contributed by atoms with Gasteiger partial charge in [-0.2, -0.15) is 5.26 Å². The molecule has 118 valence electrons. The molecule has 0 atom stereocenters. The Bertz CT molecular complexity index is 704. The van der Waals surface area contributed by atoms with Crippen molar-refractivity contribution in [1.82, 2.24) is 15.0 Å². The molecule has 0 aliphatic carbocycles. The van der Waals surface area contributed by atoms with Crippen LogP contribution in [0.2, 0.25) is 0 Å². The van der Waals surface area contributed by atoms with Gasteiger partial charge in [-0.1, -0.05) is 0 Å². The zero-order valence-corrected chi connectivity index (χ0v) is 13.1. The van der Waals surface area contributed by atoms with Crippen molar-refractivity contribution in [2.75, 3.05) is 24.6 Å². The number of ether oxygens (including phenoxy) is 1. The second-order valence-corrected chi connectivity index (χ2v) is 5.67. The van der Waals surface area contributed by atoms with Gasteiger partial charge in [-0.25, -0.2) is 9.97 Å². The molecule has 1 aliphatic heterocycles. The summed E-state index contributed by atoms with van der Waals surface area (Å²) in [6.45, 7) is 4.38. The number of aromatic nitrogens is 3. The van der Waals surface area contributed by atoms with Gasteiger partial charge in [0.15, 0.2) is 5.69 Å². The lowest BCUT2D eigenvalue weighted by molar-refractivity contribution is 0.214. The molecule has 0 bridgehead atoms. The highest BCUT2D eigenvalue weighted by Gasteiger charge is 2.22. The summed E-state index contributed by atoms with van der Waals surface area (Å²) in [5.41, 5.74) is 2.25. The van der Waals surface area contributed by atoms with E-state index < -0.39 is 0 Å². The van der Waals surface area contributed by atoms with Gasteiger partial charge in [0, 0.05) is 31.7 Å². The summed E-state index contributed by atoms with van der Waals surface area (Å²) in [6.07, 6.45) is 7.03. The topological polar surface area (TPSA) is 74.9 Å². The molecule has 0 saturated carbocycles. The minimum Gasteiger partial charge on any atom is -0.476 e. The number of rotatable bonds is 4. The SMILES string of the molecule is Cc1nccnc1OCC1CCN(c2cccnc2C#N)CC1. The molecular formula is C17H19N5O.